The molecule has 0 radical (unpaired) electrons. The van der Waals surface area contributed by atoms with Gasteiger partial charge in [-0.3, -0.25) is 0 Å². The third-order valence-electron chi connectivity index (χ3n) is 3.69. The van der Waals surface area contributed by atoms with E-state index >= 15 is 0 Å². The van der Waals surface area contributed by atoms with Gasteiger partial charge in [0.25, 0.3) is 0 Å². The number of sulfone groups is 1. The third-order valence-corrected chi connectivity index (χ3v) is 5.60. The second-order valence-electron chi connectivity index (χ2n) is 5.05. The van der Waals surface area contributed by atoms with E-state index in [2.05, 4.69) is 0 Å². The minimum absolute atomic E-state index is 0.0226. The molecule has 0 saturated carbocycles. The van der Waals surface area contributed by atoms with Crippen LogP contribution in [0.3, 0.4) is 0 Å². The van der Waals surface area contributed by atoms with Gasteiger partial charge >= 0.3 is 5.97 Å². The molecule has 2 atom stereocenters. The summed E-state index contributed by atoms with van der Waals surface area (Å²) in [5.74, 6) is -0.682. The first-order chi connectivity index (χ1) is 9.90. The van der Waals surface area contributed by atoms with E-state index < -0.39 is 27.5 Å². The molecule has 2 aliphatic heterocycles. The van der Waals surface area contributed by atoms with Crippen LogP contribution in [0.1, 0.15) is 6.92 Å². The number of hydrogen-bond acceptors (Lipinski definition) is 5. The van der Waals surface area contributed by atoms with Gasteiger partial charge in [-0.15, -0.1) is 0 Å². The maximum absolute atomic E-state index is 12.8. The maximum atomic E-state index is 12.8. The summed E-state index contributed by atoms with van der Waals surface area (Å²) in [6.45, 7) is 1.66. The van der Waals surface area contributed by atoms with E-state index in [0.717, 1.165) is 0 Å². The van der Waals surface area contributed by atoms with E-state index in [4.69, 9.17) is 9.47 Å². The van der Waals surface area contributed by atoms with Crippen LogP contribution < -0.4 is 0 Å². The Morgan fingerprint density at radius 3 is 2.57 bits per heavy atom. The number of rotatable bonds is 3. The van der Waals surface area contributed by atoms with Crippen molar-refractivity contribution in [1.82, 2.24) is 0 Å². The Balaban J connectivity index is 2.22. The van der Waals surface area contributed by atoms with Gasteiger partial charge in [-0.2, -0.15) is 0 Å². The molecule has 2 aliphatic rings. The molecule has 110 valence electrons. The molecule has 1 aromatic rings. The molecule has 1 aromatic carbocycles. The molecule has 3 rings (SSSR count). The Morgan fingerprint density at radius 1 is 1.29 bits per heavy atom. The standard InChI is InChI=1S/C15H14O5S/c1-15-9-8-11(20-15)13(12(15)14(16)19-2)21(17,18)10-6-4-3-5-7-10/h3-9,11H,1-2H3/t11-,15+/m0/s1. The molecule has 0 saturated heterocycles. The van der Waals surface area contributed by atoms with Crippen molar-refractivity contribution < 1.29 is 22.7 Å². The van der Waals surface area contributed by atoms with Crippen molar-refractivity contribution >= 4 is 15.8 Å². The van der Waals surface area contributed by atoms with Crippen LogP contribution in [0.2, 0.25) is 0 Å². The summed E-state index contributed by atoms with van der Waals surface area (Å²) in [5, 5.41) is 0. The van der Waals surface area contributed by atoms with Crippen LogP contribution in [0, 0.1) is 0 Å². The molecule has 6 heteroatoms. The molecule has 0 amide bonds. The molecule has 5 nitrogen and oxygen atoms in total. The number of esters is 1. The first-order valence-electron chi connectivity index (χ1n) is 6.40. The molecular formula is C15H14O5S. The molecule has 21 heavy (non-hydrogen) atoms. The molecule has 0 spiro atoms. The first kappa shape index (κ1) is 14.0. The Bertz CT molecular complexity index is 761. The first-order valence-corrected chi connectivity index (χ1v) is 7.89. The van der Waals surface area contributed by atoms with Crippen LogP contribution in [-0.2, 0) is 24.1 Å². The zero-order chi connectivity index (χ0) is 15.3. The molecule has 2 heterocycles. The van der Waals surface area contributed by atoms with Crippen molar-refractivity contribution in [3.05, 3.63) is 53.0 Å². The number of carbonyl (C=O) groups excluding carboxylic acids is 1. The van der Waals surface area contributed by atoms with E-state index in [0.29, 0.717) is 0 Å². The van der Waals surface area contributed by atoms with Crippen molar-refractivity contribution in [2.24, 2.45) is 0 Å². The van der Waals surface area contributed by atoms with Crippen molar-refractivity contribution in [2.75, 3.05) is 7.11 Å². The molecule has 0 unspecified atom stereocenters. The largest absolute Gasteiger partial charge is 0.466 e. The average Bonchev–Trinajstić information content (AvgIpc) is 3.00. The zero-order valence-corrected chi connectivity index (χ0v) is 12.4. The van der Waals surface area contributed by atoms with Gasteiger partial charge in [-0.1, -0.05) is 24.3 Å². The van der Waals surface area contributed by atoms with Crippen molar-refractivity contribution in [1.29, 1.82) is 0 Å². The molecule has 0 N–H and O–H groups in total. The maximum Gasteiger partial charge on any atom is 0.338 e. The highest BCUT2D eigenvalue weighted by molar-refractivity contribution is 7.95. The lowest BCUT2D eigenvalue weighted by atomic mass is 9.93. The predicted octanol–water partition coefficient (Wildman–Crippen LogP) is 1.61. The zero-order valence-electron chi connectivity index (χ0n) is 11.6. The topological polar surface area (TPSA) is 69.7 Å². The number of ether oxygens (including phenoxy) is 2. The van der Waals surface area contributed by atoms with E-state index in [9.17, 15) is 13.2 Å². The van der Waals surface area contributed by atoms with Gasteiger partial charge in [-0.25, -0.2) is 13.2 Å². The Hall–Kier alpha value is -1.92. The summed E-state index contributed by atoms with van der Waals surface area (Å²) >= 11 is 0. The highest BCUT2D eigenvalue weighted by Crippen LogP contribution is 2.46. The van der Waals surface area contributed by atoms with Crippen LogP contribution in [0.15, 0.2) is 57.9 Å². The SMILES string of the molecule is COC(=O)C1=C(S(=O)(=O)c2ccccc2)[C@@H]2C=C[C@@]1(C)O2. The lowest BCUT2D eigenvalue weighted by Crippen LogP contribution is -2.28. The quantitative estimate of drug-likeness (QED) is 0.627. The molecule has 2 bridgehead atoms. The van der Waals surface area contributed by atoms with Gasteiger partial charge in [0.2, 0.25) is 9.84 Å². The monoisotopic (exact) mass is 306 g/mol. The van der Waals surface area contributed by atoms with Crippen molar-refractivity contribution in [3.8, 4) is 0 Å². The summed E-state index contributed by atoms with van der Waals surface area (Å²) in [5.41, 5.74) is -0.990. The second kappa shape index (κ2) is 4.54. The van der Waals surface area contributed by atoms with Crippen molar-refractivity contribution in [2.45, 2.75) is 23.5 Å². The Labute approximate surface area is 122 Å². The fraction of sp³-hybridized carbons (Fsp3) is 0.267. The van der Waals surface area contributed by atoms with E-state index in [-0.39, 0.29) is 15.4 Å². The van der Waals surface area contributed by atoms with Crippen LogP contribution in [0.4, 0.5) is 0 Å². The van der Waals surface area contributed by atoms with E-state index in [1.54, 1.807) is 37.3 Å². The summed E-state index contributed by atoms with van der Waals surface area (Å²) in [6.07, 6.45) is 2.60. The second-order valence-corrected chi connectivity index (χ2v) is 6.97. The number of hydrogen-bond donors (Lipinski definition) is 0. The minimum Gasteiger partial charge on any atom is -0.466 e. The number of methoxy groups -OCH3 is 1. The van der Waals surface area contributed by atoms with Crippen LogP contribution in [0.25, 0.3) is 0 Å². The van der Waals surface area contributed by atoms with Gasteiger partial charge in [0.1, 0.15) is 11.7 Å². The highest BCUT2D eigenvalue weighted by Gasteiger charge is 2.53. The fourth-order valence-corrected chi connectivity index (χ4v) is 4.46. The van der Waals surface area contributed by atoms with Gasteiger partial charge in [-0.05, 0) is 25.1 Å². The number of benzene rings is 1. The summed E-state index contributed by atoms with van der Waals surface area (Å²) < 4.78 is 36.0. The summed E-state index contributed by atoms with van der Waals surface area (Å²) in [6, 6.07) is 7.99. The van der Waals surface area contributed by atoms with Crippen molar-refractivity contribution in [3.63, 3.8) is 0 Å². The lowest BCUT2D eigenvalue weighted by Gasteiger charge is -2.19. The number of carbonyl (C=O) groups is 1. The van der Waals surface area contributed by atoms with Crippen LogP contribution in [-0.4, -0.2) is 33.2 Å². The molecule has 0 aliphatic carbocycles. The normalized spacial score (nSPS) is 27.2. The minimum atomic E-state index is -3.81. The summed E-state index contributed by atoms with van der Waals surface area (Å²) in [7, 11) is -2.59. The highest BCUT2D eigenvalue weighted by atomic mass is 32.2. The predicted molar refractivity (Wildman–Crippen MR) is 75.1 cm³/mol. The van der Waals surface area contributed by atoms with E-state index in [1.807, 2.05) is 0 Å². The third kappa shape index (κ3) is 1.94. The Kier molecular flexibility index (Phi) is 3.04. The smallest absolute Gasteiger partial charge is 0.338 e. The molecule has 0 aromatic heterocycles. The Morgan fingerprint density at radius 2 is 1.95 bits per heavy atom. The molecule has 0 fully saturated rings. The van der Waals surface area contributed by atoms with E-state index in [1.165, 1.54) is 19.2 Å². The van der Waals surface area contributed by atoms with Gasteiger partial charge < -0.3 is 9.47 Å². The summed E-state index contributed by atoms with van der Waals surface area (Å²) in [4.78, 5) is 12.2. The van der Waals surface area contributed by atoms with Gasteiger partial charge in [0.05, 0.1) is 22.5 Å². The molecular weight excluding hydrogens is 292 g/mol. The van der Waals surface area contributed by atoms with Crippen LogP contribution in [0.5, 0.6) is 0 Å². The average molecular weight is 306 g/mol. The fourth-order valence-electron chi connectivity index (χ4n) is 2.70. The lowest BCUT2D eigenvalue weighted by molar-refractivity contribution is -0.137. The van der Waals surface area contributed by atoms with Crippen LogP contribution >= 0.6 is 0 Å². The van der Waals surface area contributed by atoms with Gasteiger partial charge in [0, 0.05) is 0 Å². The van der Waals surface area contributed by atoms with Gasteiger partial charge in [0.15, 0.2) is 0 Å². The number of fused-ring (bicyclic) bond motifs is 2.